The van der Waals surface area contributed by atoms with Gasteiger partial charge in [-0.2, -0.15) is 0 Å². The van der Waals surface area contributed by atoms with E-state index in [1.165, 1.54) is 0 Å². The second-order valence-corrected chi connectivity index (χ2v) is 4.17. The average Bonchev–Trinajstić information content (AvgIpc) is 2.14. The fraction of sp³-hybridized carbons (Fsp3) is 0.909. The van der Waals surface area contributed by atoms with Gasteiger partial charge in [0, 0.05) is 13.6 Å². The highest BCUT2D eigenvalue weighted by Crippen LogP contribution is 2.00. The van der Waals surface area contributed by atoms with Gasteiger partial charge >= 0.3 is 0 Å². The molecule has 3 heteroatoms. The van der Waals surface area contributed by atoms with Crippen LogP contribution in [0.4, 0.5) is 0 Å². The number of rotatable bonds is 7. The zero-order chi connectivity index (χ0) is 11.0. The summed E-state index contributed by atoms with van der Waals surface area (Å²) in [4.78, 5) is 13.3. The van der Waals surface area contributed by atoms with E-state index in [4.69, 9.17) is 0 Å². The van der Waals surface area contributed by atoms with Crippen LogP contribution in [0.15, 0.2) is 0 Å². The minimum atomic E-state index is 0.194. The molecule has 14 heavy (non-hydrogen) atoms. The van der Waals surface area contributed by atoms with Crippen LogP contribution in [0.25, 0.3) is 0 Å². The first-order valence-corrected chi connectivity index (χ1v) is 5.52. The van der Waals surface area contributed by atoms with Gasteiger partial charge in [-0.25, -0.2) is 0 Å². The molecule has 0 fully saturated rings. The monoisotopic (exact) mass is 200 g/mol. The van der Waals surface area contributed by atoms with Crippen molar-refractivity contribution in [1.29, 1.82) is 0 Å². The van der Waals surface area contributed by atoms with Crippen LogP contribution in [-0.2, 0) is 4.79 Å². The van der Waals surface area contributed by atoms with Gasteiger partial charge in [0.05, 0.1) is 6.54 Å². The second kappa shape index (κ2) is 7.80. The van der Waals surface area contributed by atoms with Crippen molar-refractivity contribution in [2.24, 2.45) is 5.92 Å². The summed E-state index contributed by atoms with van der Waals surface area (Å²) in [6.45, 7) is 8.71. The van der Waals surface area contributed by atoms with E-state index in [-0.39, 0.29) is 5.91 Å². The van der Waals surface area contributed by atoms with Gasteiger partial charge in [0.1, 0.15) is 0 Å². The molecule has 0 unspecified atom stereocenters. The third-order valence-electron chi connectivity index (χ3n) is 2.17. The molecule has 0 saturated carbocycles. The molecule has 0 saturated heterocycles. The van der Waals surface area contributed by atoms with Crippen LogP contribution in [0.2, 0.25) is 0 Å². The van der Waals surface area contributed by atoms with Crippen molar-refractivity contribution >= 4 is 5.91 Å². The summed E-state index contributed by atoms with van der Waals surface area (Å²) in [6, 6.07) is 0. The molecule has 0 rings (SSSR count). The largest absolute Gasteiger partial charge is 0.345 e. The van der Waals surface area contributed by atoms with Gasteiger partial charge in [-0.05, 0) is 25.3 Å². The molecule has 84 valence electrons. The zero-order valence-corrected chi connectivity index (χ0v) is 9.97. The number of nitrogens with one attached hydrogen (secondary N) is 1. The molecule has 0 aromatic rings. The van der Waals surface area contributed by atoms with E-state index in [1.807, 2.05) is 11.9 Å². The van der Waals surface area contributed by atoms with Crippen LogP contribution in [0, 0.1) is 5.92 Å². The van der Waals surface area contributed by atoms with Gasteiger partial charge in [-0.15, -0.1) is 0 Å². The first kappa shape index (κ1) is 13.4. The Hall–Kier alpha value is -0.570. The lowest BCUT2D eigenvalue weighted by molar-refractivity contribution is -0.129. The molecule has 0 bridgehead atoms. The molecule has 3 nitrogen and oxygen atoms in total. The molecule has 0 aromatic heterocycles. The van der Waals surface area contributed by atoms with Gasteiger partial charge in [0.25, 0.3) is 0 Å². The first-order chi connectivity index (χ1) is 6.57. The normalized spacial score (nSPS) is 10.6. The third kappa shape index (κ3) is 6.89. The van der Waals surface area contributed by atoms with Gasteiger partial charge in [0.2, 0.25) is 5.91 Å². The van der Waals surface area contributed by atoms with Crippen LogP contribution in [0.1, 0.15) is 33.6 Å². The van der Waals surface area contributed by atoms with Crippen molar-refractivity contribution in [2.45, 2.75) is 33.6 Å². The minimum Gasteiger partial charge on any atom is -0.345 e. The highest BCUT2D eigenvalue weighted by molar-refractivity contribution is 5.77. The van der Waals surface area contributed by atoms with Gasteiger partial charge in [0.15, 0.2) is 0 Å². The number of carbonyl (C=O) groups is 1. The van der Waals surface area contributed by atoms with E-state index >= 15 is 0 Å². The van der Waals surface area contributed by atoms with Crippen molar-refractivity contribution < 1.29 is 4.79 Å². The number of nitrogens with zero attached hydrogens (tertiary/aromatic N) is 1. The standard InChI is InChI=1S/C11H24N2O/c1-5-7-12-9-11(14)13(4)8-6-10(2)3/h10,12H,5-9H2,1-4H3. The van der Waals surface area contributed by atoms with E-state index in [9.17, 15) is 4.79 Å². The average molecular weight is 200 g/mol. The van der Waals surface area contributed by atoms with Crippen LogP contribution in [0.3, 0.4) is 0 Å². The summed E-state index contributed by atoms with van der Waals surface area (Å²) in [6.07, 6.45) is 2.15. The number of amides is 1. The van der Waals surface area contributed by atoms with Crippen molar-refractivity contribution in [1.82, 2.24) is 10.2 Å². The minimum absolute atomic E-state index is 0.194. The zero-order valence-electron chi connectivity index (χ0n) is 9.97. The quantitative estimate of drug-likeness (QED) is 0.632. The molecule has 0 aliphatic carbocycles. The van der Waals surface area contributed by atoms with Crippen molar-refractivity contribution in [3.05, 3.63) is 0 Å². The van der Waals surface area contributed by atoms with Gasteiger partial charge in [-0.1, -0.05) is 20.8 Å². The highest BCUT2D eigenvalue weighted by atomic mass is 16.2. The summed E-state index contributed by atoms with van der Waals surface area (Å²) in [5.74, 6) is 0.855. The second-order valence-electron chi connectivity index (χ2n) is 4.17. The van der Waals surface area contributed by atoms with E-state index in [2.05, 4.69) is 26.1 Å². The van der Waals surface area contributed by atoms with Crippen molar-refractivity contribution in [3.63, 3.8) is 0 Å². The predicted molar refractivity (Wildman–Crippen MR) is 60.3 cm³/mol. The van der Waals surface area contributed by atoms with E-state index < -0.39 is 0 Å². The number of likely N-dealkylation sites (N-methyl/N-ethyl adjacent to an activating group) is 1. The maximum Gasteiger partial charge on any atom is 0.236 e. The lowest BCUT2D eigenvalue weighted by Crippen LogP contribution is -2.36. The SMILES string of the molecule is CCCNCC(=O)N(C)CCC(C)C. The number of hydrogen-bond acceptors (Lipinski definition) is 2. The molecule has 0 heterocycles. The molecule has 0 radical (unpaired) electrons. The Morgan fingerprint density at radius 3 is 2.57 bits per heavy atom. The van der Waals surface area contributed by atoms with Crippen LogP contribution in [0.5, 0.6) is 0 Å². The predicted octanol–water partition coefficient (Wildman–Crippen LogP) is 1.49. The molecule has 1 amide bonds. The van der Waals surface area contributed by atoms with Gasteiger partial charge in [-0.3, -0.25) is 4.79 Å². The summed E-state index contributed by atoms with van der Waals surface area (Å²) >= 11 is 0. The van der Waals surface area contributed by atoms with E-state index in [1.54, 1.807) is 0 Å². The topological polar surface area (TPSA) is 32.3 Å². The Labute approximate surface area is 87.9 Å². The molecule has 0 aromatic carbocycles. The highest BCUT2D eigenvalue weighted by Gasteiger charge is 2.07. The Bertz CT molecular complexity index is 157. The Morgan fingerprint density at radius 1 is 1.43 bits per heavy atom. The maximum absolute atomic E-state index is 11.5. The molecule has 0 atom stereocenters. The Kier molecular flexibility index (Phi) is 7.48. The van der Waals surface area contributed by atoms with E-state index in [0.717, 1.165) is 25.9 Å². The molecular weight excluding hydrogens is 176 g/mol. The van der Waals surface area contributed by atoms with Crippen molar-refractivity contribution in [2.75, 3.05) is 26.7 Å². The molecule has 1 N–H and O–H groups in total. The van der Waals surface area contributed by atoms with Gasteiger partial charge < -0.3 is 10.2 Å². The summed E-state index contributed by atoms with van der Waals surface area (Å²) in [5, 5.41) is 3.11. The maximum atomic E-state index is 11.5. The Balaban J connectivity index is 3.54. The number of carbonyl (C=O) groups excluding carboxylic acids is 1. The molecule has 0 aliphatic heterocycles. The smallest absolute Gasteiger partial charge is 0.236 e. The lowest BCUT2D eigenvalue weighted by Gasteiger charge is -2.18. The van der Waals surface area contributed by atoms with Crippen molar-refractivity contribution in [3.8, 4) is 0 Å². The third-order valence-corrected chi connectivity index (χ3v) is 2.17. The number of hydrogen-bond donors (Lipinski definition) is 1. The Morgan fingerprint density at radius 2 is 2.07 bits per heavy atom. The summed E-state index contributed by atoms with van der Waals surface area (Å²) in [5.41, 5.74) is 0. The summed E-state index contributed by atoms with van der Waals surface area (Å²) < 4.78 is 0. The van der Waals surface area contributed by atoms with Crippen LogP contribution >= 0.6 is 0 Å². The molecule has 0 aliphatic rings. The van der Waals surface area contributed by atoms with E-state index in [0.29, 0.717) is 12.5 Å². The lowest BCUT2D eigenvalue weighted by atomic mass is 10.1. The fourth-order valence-electron chi connectivity index (χ4n) is 1.08. The van der Waals surface area contributed by atoms with Crippen LogP contribution < -0.4 is 5.32 Å². The first-order valence-electron chi connectivity index (χ1n) is 5.52. The van der Waals surface area contributed by atoms with Crippen LogP contribution in [-0.4, -0.2) is 37.5 Å². The fourth-order valence-corrected chi connectivity index (χ4v) is 1.08. The molecular formula is C11H24N2O. The summed E-state index contributed by atoms with van der Waals surface area (Å²) in [7, 11) is 1.87. The molecule has 0 spiro atoms.